The second-order valence-electron chi connectivity index (χ2n) is 7.11. The average molecular weight is 440 g/mol. The van der Waals surface area contributed by atoms with Crippen LogP contribution in [-0.2, 0) is 9.47 Å². The monoisotopic (exact) mass is 441 g/mol. The molecule has 2 heterocycles. The molecular formula is C20H35NO2Sn. The number of pyridine rings is 1. The van der Waals surface area contributed by atoms with E-state index in [1.165, 1.54) is 55.5 Å². The molecule has 0 N–H and O–H groups in total. The van der Waals surface area contributed by atoms with Crippen molar-refractivity contribution in [1.82, 2.24) is 4.98 Å². The molecule has 1 aromatic rings. The summed E-state index contributed by atoms with van der Waals surface area (Å²) in [6.07, 6.45) is 7.75. The second kappa shape index (κ2) is 10.8. The molecule has 1 aliphatic rings. The summed E-state index contributed by atoms with van der Waals surface area (Å²) >= 11 is -2.44. The third-order valence-electron chi connectivity index (χ3n) is 5.20. The molecule has 1 fully saturated rings. The molecule has 0 amide bonds. The van der Waals surface area contributed by atoms with Crippen LogP contribution in [0.3, 0.4) is 0 Å². The fourth-order valence-corrected chi connectivity index (χ4v) is 19.2. The van der Waals surface area contributed by atoms with Crippen LogP contribution in [0.2, 0.25) is 13.3 Å². The van der Waals surface area contributed by atoms with E-state index in [9.17, 15) is 0 Å². The summed E-state index contributed by atoms with van der Waals surface area (Å²) in [4.78, 5) is 5.13. The van der Waals surface area contributed by atoms with Gasteiger partial charge in [-0.1, -0.05) is 0 Å². The quantitative estimate of drug-likeness (QED) is 0.445. The Bertz CT molecular complexity index is 453. The first kappa shape index (κ1) is 20.2. The molecule has 0 aliphatic carbocycles. The van der Waals surface area contributed by atoms with Gasteiger partial charge >= 0.3 is 153 Å². The number of ether oxygens (including phenoxy) is 2. The standard InChI is InChI=1S/C8H8NO2.3C4H9.Sn/c1-2-4-9-7(3-1)8-10-5-6-11-8;3*1-3-4-2;/h1-3,8H,5-6H2;3*1,3-4H2,2H3;. The van der Waals surface area contributed by atoms with Crippen LogP contribution in [-0.4, -0.2) is 36.6 Å². The molecule has 1 aliphatic heterocycles. The van der Waals surface area contributed by atoms with Crippen LogP contribution in [0.25, 0.3) is 0 Å². The van der Waals surface area contributed by atoms with Crippen molar-refractivity contribution in [3.63, 3.8) is 0 Å². The number of rotatable bonds is 11. The normalized spacial score (nSPS) is 16.0. The van der Waals surface area contributed by atoms with Crippen molar-refractivity contribution in [2.75, 3.05) is 13.2 Å². The van der Waals surface area contributed by atoms with E-state index >= 15 is 0 Å². The fourth-order valence-electron chi connectivity index (χ4n) is 3.71. The second-order valence-corrected chi connectivity index (χ2v) is 20.2. The maximum atomic E-state index is 5.69. The molecule has 24 heavy (non-hydrogen) atoms. The van der Waals surface area contributed by atoms with Crippen molar-refractivity contribution in [3.8, 4) is 0 Å². The van der Waals surface area contributed by atoms with Gasteiger partial charge in [0.2, 0.25) is 0 Å². The van der Waals surface area contributed by atoms with E-state index < -0.39 is 18.4 Å². The Morgan fingerprint density at radius 2 is 1.46 bits per heavy atom. The van der Waals surface area contributed by atoms with Gasteiger partial charge in [0.05, 0.1) is 0 Å². The van der Waals surface area contributed by atoms with E-state index in [2.05, 4.69) is 39.0 Å². The van der Waals surface area contributed by atoms with Crippen molar-refractivity contribution in [3.05, 3.63) is 23.9 Å². The van der Waals surface area contributed by atoms with Crippen LogP contribution in [0.1, 0.15) is 71.3 Å². The van der Waals surface area contributed by atoms with E-state index in [4.69, 9.17) is 14.5 Å². The number of aromatic nitrogens is 1. The molecule has 0 spiro atoms. The zero-order valence-electron chi connectivity index (χ0n) is 15.9. The van der Waals surface area contributed by atoms with Crippen molar-refractivity contribution < 1.29 is 9.47 Å². The first-order valence-corrected chi connectivity index (χ1v) is 17.4. The van der Waals surface area contributed by atoms with Gasteiger partial charge in [-0.25, -0.2) is 0 Å². The van der Waals surface area contributed by atoms with E-state index in [0.717, 1.165) is 5.69 Å². The number of nitrogens with zero attached hydrogens (tertiary/aromatic N) is 1. The molecule has 4 heteroatoms. The molecule has 0 radical (unpaired) electrons. The van der Waals surface area contributed by atoms with Gasteiger partial charge in [0.25, 0.3) is 0 Å². The summed E-state index contributed by atoms with van der Waals surface area (Å²) < 4.78 is 17.2. The predicted octanol–water partition coefficient (Wildman–Crippen LogP) is 5.18. The number of hydrogen-bond donors (Lipinski definition) is 0. The van der Waals surface area contributed by atoms with E-state index in [1.807, 2.05) is 0 Å². The van der Waals surface area contributed by atoms with Crippen LogP contribution in [0, 0.1) is 0 Å². The van der Waals surface area contributed by atoms with E-state index in [0.29, 0.717) is 13.2 Å². The first-order chi connectivity index (χ1) is 11.8. The van der Waals surface area contributed by atoms with Crippen molar-refractivity contribution >= 4 is 22.1 Å². The Morgan fingerprint density at radius 3 is 1.96 bits per heavy atom. The van der Waals surface area contributed by atoms with Gasteiger partial charge < -0.3 is 0 Å². The van der Waals surface area contributed by atoms with E-state index in [1.54, 1.807) is 0 Å². The third kappa shape index (κ3) is 5.43. The molecular weight excluding hydrogens is 405 g/mol. The van der Waals surface area contributed by atoms with Gasteiger partial charge in [-0.2, -0.15) is 0 Å². The van der Waals surface area contributed by atoms with Crippen LogP contribution in [0.4, 0.5) is 0 Å². The molecule has 1 saturated heterocycles. The molecule has 136 valence electrons. The van der Waals surface area contributed by atoms with Gasteiger partial charge in [0.15, 0.2) is 0 Å². The molecule has 0 atom stereocenters. The number of unbranched alkanes of at least 4 members (excludes halogenated alkanes) is 3. The maximum absolute atomic E-state index is 5.69. The summed E-state index contributed by atoms with van der Waals surface area (Å²) in [7, 11) is 0. The minimum absolute atomic E-state index is 0.238. The molecule has 0 unspecified atom stereocenters. The molecule has 1 aromatic heterocycles. The van der Waals surface area contributed by atoms with Gasteiger partial charge in [-0.3, -0.25) is 0 Å². The van der Waals surface area contributed by atoms with Crippen LogP contribution in [0.5, 0.6) is 0 Å². The van der Waals surface area contributed by atoms with Gasteiger partial charge in [0, 0.05) is 0 Å². The Kier molecular flexibility index (Phi) is 9.06. The van der Waals surface area contributed by atoms with E-state index in [-0.39, 0.29) is 6.29 Å². The summed E-state index contributed by atoms with van der Waals surface area (Å²) in [5, 5.41) is 0. The van der Waals surface area contributed by atoms with Crippen LogP contribution in [0.15, 0.2) is 18.2 Å². The van der Waals surface area contributed by atoms with Crippen molar-refractivity contribution in [1.29, 1.82) is 0 Å². The fraction of sp³-hybridized carbons (Fsp3) is 0.750. The summed E-state index contributed by atoms with van der Waals surface area (Å²) in [5.41, 5.74) is 0.996. The minimum atomic E-state index is -2.44. The zero-order valence-corrected chi connectivity index (χ0v) is 18.7. The van der Waals surface area contributed by atoms with Gasteiger partial charge in [-0.15, -0.1) is 0 Å². The zero-order chi connectivity index (χ0) is 17.3. The van der Waals surface area contributed by atoms with Crippen LogP contribution >= 0.6 is 0 Å². The molecule has 3 nitrogen and oxygen atoms in total. The summed E-state index contributed by atoms with van der Waals surface area (Å²) in [6.45, 7) is 8.33. The van der Waals surface area contributed by atoms with Crippen molar-refractivity contribution in [2.24, 2.45) is 0 Å². The molecule has 0 saturated carbocycles. The molecule has 2 rings (SSSR count). The van der Waals surface area contributed by atoms with Crippen LogP contribution < -0.4 is 3.71 Å². The Hall–Kier alpha value is -0.131. The van der Waals surface area contributed by atoms with Gasteiger partial charge in [-0.05, 0) is 0 Å². The average Bonchev–Trinajstić information content (AvgIpc) is 3.16. The number of hydrogen-bond acceptors (Lipinski definition) is 3. The van der Waals surface area contributed by atoms with Crippen molar-refractivity contribution in [2.45, 2.75) is 78.9 Å². The molecule has 0 bridgehead atoms. The summed E-state index contributed by atoms with van der Waals surface area (Å²) in [5.74, 6) is 0. The predicted molar refractivity (Wildman–Crippen MR) is 103 cm³/mol. The summed E-state index contributed by atoms with van der Waals surface area (Å²) in [6, 6.07) is 6.60. The Balaban J connectivity index is 2.29. The topological polar surface area (TPSA) is 31.4 Å². The SMILES string of the molecule is CCC[CH2][Sn]([CH2]CCC)([CH2]CCC)[c]1cccc(C2OCCO2)n1. The first-order valence-electron chi connectivity index (χ1n) is 9.96. The molecule has 0 aromatic carbocycles. The van der Waals surface area contributed by atoms with Gasteiger partial charge in [0.1, 0.15) is 0 Å². The Labute approximate surface area is 152 Å². The Morgan fingerprint density at radius 1 is 0.917 bits per heavy atom. The third-order valence-corrected chi connectivity index (χ3v) is 20.3.